The second-order valence-corrected chi connectivity index (χ2v) is 6.64. The minimum absolute atomic E-state index is 0.222. The number of carbonyl (C=O) groups excluding carboxylic acids is 1. The molecule has 0 aliphatic carbocycles. The molecule has 0 unspecified atom stereocenters. The molecule has 0 spiro atoms. The van der Waals surface area contributed by atoms with Gasteiger partial charge in [0.1, 0.15) is 0 Å². The van der Waals surface area contributed by atoms with Crippen molar-refractivity contribution in [3.63, 3.8) is 0 Å². The summed E-state index contributed by atoms with van der Waals surface area (Å²) in [6, 6.07) is 32.0. The van der Waals surface area contributed by atoms with E-state index in [1.165, 1.54) is 5.39 Å². The molecule has 0 heterocycles. The SMILES string of the molecule is CC(=NNC(=O)c1ccc(-c2ccccc2)cc1)c1ccc2ccccc2c1. The van der Waals surface area contributed by atoms with Crippen molar-refractivity contribution in [3.8, 4) is 11.1 Å². The van der Waals surface area contributed by atoms with Gasteiger partial charge in [-0.15, -0.1) is 0 Å². The van der Waals surface area contributed by atoms with Crippen LogP contribution in [0.15, 0.2) is 102 Å². The van der Waals surface area contributed by atoms with Crippen molar-refractivity contribution in [1.82, 2.24) is 5.43 Å². The molecule has 3 nitrogen and oxygen atoms in total. The predicted molar refractivity (Wildman–Crippen MR) is 116 cm³/mol. The Morgan fingerprint density at radius 1 is 0.679 bits per heavy atom. The summed E-state index contributed by atoms with van der Waals surface area (Å²) >= 11 is 0. The van der Waals surface area contributed by atoms with E-state index in [0.29, 0.717) is 5.56 Å². The molecule has 4 aromatic carbocycles. The maximum Gasteiger partial charge on any atom is 0.271 e. The van der Waals surface area contributed by atoms with Crippen LogP contribution >= 0.6 is 0 Å². The second-order valence-electron chi connectivity index (χ2n) is 6.64. The number of nitrogens with zero attached hydrogens (tertiary/aromatic N) is 1. The van der Waals surface area contributed by atoms with Crippen LogP contribution in [0.25, 0.3) is 21.9 Å². The molecular weight excluding hydrogens is 344 g/mol. The molecule has 4 rings (SSSR count). The molecule has 0 bridgehead atoms. The highest BCUT2D eigenvalue weighted by atomic mass is 16.2. The first-order chi connectivity index (χ1) is 13.7. The summed E-state index contributed by atoms with van der Waals surface area (Å²) in [5.41, 5.74) is 7.18. The number of carbonyl (C=O) groups is 1. The molecule has 1 N–H and O–H groups in total. The number of hydrazone groups is 1. The Morgan fingerprint density at radius 3 is 2.04 bits per heavy atom. The minimum atomic E-state index is -0.222. The molecule has 0 aliphatic heterocycles. The van der Waals surface area contributed by atoms with Crippen molar-refractivity contribution >= 4 is 22.4 Å². The number of benzene rings is 4. The molecule has 4 aromatic rings. The average molecular weight is 364 g/mol. The highest BCUT2D eigenvalue weighted by Crippen LogP contribution is 2.19. The van der Waals surface area contributed by atoms with Crippen molar-refractivity contribution < 1.29 is 4.79 Å². The zero-order chi connectivity index (χ0) is 19.3. The monoisotopic (exact) mass is 364 g/mol. The van der Waals surface area contributed by atoms with Crippen LogP contribution in [0.1, 0.15) is 22.8 Å². The van der Waals surface area contributed by atoms with Gasteiger partial charge in [-0.3, -0.25) is 4.79 Å². The third-order valence-electron chi connectivity index (χ3n) is 4.75. The molecule has 0 radical (unpaired) electrons. The van der Waals surface area contributed by atoms with Gasteiger partial charge in [-0.25, -0.2) is 5.43 Å². The number of fused-ring (bicyclic) bond motifs is 1. The van der Waals surface area contributed by atoms with Crippen molar-refractivity contribution in [3.05, 3.63) is 108 Å². The fourth-order valence-corrected chi connectivity index (χ4v) is 3.12. The molecular formula is C25H20N2O. The smallest absolute Gasteiger partial charge is 0.267 e. The van der Waals surface area contributed by atoms with Gasteiger partial charge >= 0.3 is 0 Å². The molecule has 28 heavy (non-hydrogen) atoms. The zero-order valence-corrected chi connectivity index (χ0v) is 15.6. The fraction of sp³-hybridized carbons (Fsp3) is 0.0400. The summed E-state index contributed by atoms with van der Waals surface area (Å²) in [5.74, 6) is -0.222. The molecule has 0 saturated carbocycles. The van der Waals surface area contributed by atoms with Gasteiger partial charge < -0.3 is 0 Å². The van der Waals surface area contributed by atoms with E-state index in [-0.39, 0.29) is 5.91 Å². The first-order valence-electron chi connectivity index (χ1n) is 9.20. The molecule has 0 atom stereocenters. The standard InChI is InChI=1S/C25H20N2O/c1-18(23-16-13-20-9-5-6-10-24(20)17-23)26-27-25(28)22-14-11-21(12-15-22)19-7-3-2-4-8-19/h2-17H,1H3,(H,27,28). The van der Waals surface area contributed by atoms with Gasteiger partial charge in [0.2, 0.25) is 0 Å². The Labute approximate surface area is 164 Å². The van der Waals surface area contributed by atoms with Crippen LogP contribution in [0.4, 0.5) is 0 Å². The predicted octanol–water partition coefficient (Wildman–Crippen LogP) is 5.66. The van der Waals surface area contributed by atoms with E-state index in [4.69, 9.17) is 0 Å². The molecule has 1 amide bonds. The van der Waals surface area contributed by atoms with Crippen molar-refractivity contribution in [1.29, 1.82) is 0 Å². The number of amides is 1. The maximum absolute atomic E-state index is 12.4. The maximum atomic E-state index is 12.4. The van der Waals surface area contributed by atoms with Crippen molar-refractivity contribution in [2.75, 3.05) is 0 Å². The minimum Gasteiger partial charge on any atom is -0.267 e. The summed E-state index contributed by atoms with van der Waals surface area (Å²) in [6.45, 7) is 1.89. The van der Waals surface area contributed by atoms with E-state index in [9.17, 15) is 4.79 Å². The van der Waals surface area contributed by atoms with Crippen LogP contribution in [0.2, 0.25) is 0 Å². The highest BCUT2D eigenvalue weighted by molar-refractivity contribution is 6.03. The Hall–Kier alpha value is -3.72. The summed E-state index contributed by atoms with van der Waals surface area (Å²) in [6.07, 6.45) is 0. The fourth-order valence-electron chi connectivity index (χ4n) is 3.12. The van der Waals surface area contributed by atoms with E-state index in [2.05, 4.69) is 34.8 Å². The van der Waals surface area contributed by atoms with E-state index >= 15 is 0 Å². The van der Waals surface area contributed by atoms with Gasteiger partial charge in [0.15, 0.2) is 0 Å². The molecule has 136 valence electrons. The van der Waals surface area contributed by atoms with Crippen LogP contribution < -0.4 is 5.43 Å². The number of nitrogens with one attached hydrogen (secondary N) is 1. The second kappa shape index (κ2) is 7.89. The van der Waals surface area contributed by atoms with Gasteiger partial charge in [-0.1, -0.05) is 78.9 Å². The first-order valence-corrected chi connectivity index (χ1v) is 9.20. The van der Waals surface area contributed by atoms with Crippen LogP contribution in [-0.4, -0.2) is 11.6 Å². The summed E-state index contributed by atoms with van der Waals surface area (Å²) in [5, 5.41) is 6.61. The van der Waals surface area contributed by atoms with Gasteiger partial charge in [0, 0.05) is 5.56 Å². The summed E-state index contributed by atoms with van der Waals surface area (Å²) < 4.78 is 0. The average Bonchev–Trinajstić information content (AvgIpc) is 2.77. The lowest BCUT2D eigenvalue weighted by Crippen LogP contribution is -2.19. The third-order valence-corrected chi connectivity index (χ3v) is 4.75. The number of rotatable bonds is 4. The lowest BCUT2D eigenvalue weighted by molar-refractivity contribution is 0.0955. The van der Waals surface area contributed by atoms with Crippen LogP contribution in [0.5, 0.6) is 0 Å². The van der Waals surface area contributed by atoms with E-state index < -0.39 is 0 Å². The topological polar surface area (TPSA) is 41.5 Å². The quantitative estimate of drug-likeness (QED) is 0.368. The zero-order valence-electron chi connectivity index (χ0n) is 15.6. The molecule has 0 aliphatic rings. The molecule has 0 aromatic heterocycles. The van der Waals surface area contributed by atoms with Gasteiger partial charge in [-0.05, 0) is 52.6 Å². The summed E-state index contributed by atoms with van der Waals surface area (Å²) in [4.78, 5) is 12.4. The molecule has 0 saturated heterocycles. The van der Waals surface area contributed by atoms with Gasteiger partial charge in [0.25, 0.3) is 5.91 Å². The Bertz CT molecular complexity index is 1150. The van der Waals surface area contributed by atoms with Crippen molar-refractivity contribution in [2.24, 2.45) is 5.10 Å². The van der Waals surface area contributed by atoms with E-state index in [1.54, 1.807) is 0 Å². The van der Waals surface area contributed by atoms with Crippen molar-refractivity contribution in [2.45, 2.75) is 6.92 Å². The van der Waals surface area contributed by atoms with E-state index in [0.717, 1.165) is 27.8 Å². The highest BCUT2D eigenvalue weighted by Gasteiger charge is 2.06. The van der Waals surface area contributed by atoms with E-state index in [1.807, 2.05) is 79.7 Å². The first kappa shape index (κ1) is 17.7. The Morgan fingerprint density at radius 2 is 1.29 bits per heavy atom. The van der Waals surface area contributed by atoms with Gasteiger partial charge in [-0.2, -0.15) is 5.10 Å². The summed E-state index contributed by atoms with van der Waals surface area (Å²) in [7, 11) is 0. The number of hydrogen-bond donors (Lipinski definition) is 1. The van der Waals surface area contributed by atoms with Crippen LogP contribution in [0, 0.1) is 0 Å². The van der Waals surface area contributed by atoms with Crippen LogP contribution in [0.3, 0.4) is 0 Å². The number of hydrogen-bond acceptors (Lipinski definition) is 2. The van der Waals surface area contributed by atoms with Crippen LogP contribution in [-0.2, 0) is 0 Å². The van der Waals surface area contributed by atoms with Gasteiger partial charge in [0.05, 0.1) is 5.71 Å². The Balaban J connectivity index is 1.48. The normalized spacial score (nSPS) is 11.4. The lowest BCUT2D eigenvalue weighted by atomic mass is 10.0. The Kier molecular flexibility index (Phi) is 4.98. The largest absolute Gasteiger partial charge is 0.271 e. The lowest BCUT2D eigenvalue weighted by Gasteiger charge is -2.06. The molecule has 0 fully saturated rings. The third kappa shape index (κ3) is 3.84. The molecule has 3 heteroatoms.